The lowest BCUT2D eigenvalue weighted by atomic mass is 10.1. The van der Waals surface area contributed by atoms with Crippen molar-refractivity contribution in [1.29, 1.82) is 0 Å². The molecule has 0 N–H and O–H groups in total. The average molecular weight is 318 g/mol. The van der Waals surface area contributed by atoms with Crippen molar-refractivity contribution >= 4 is 21.6 Å². The Balaban J connectivity index is 2.43. The van der Waals surface area contributed by atoms with Gasteiger partial charge in [0, 0.05) is 17.4 Å². The molecule has 0 saturated carbocycles. The van der Waals surface area contributed by atoms with E-state index in [-0.39, 0.29) is 17.8 Å². The van der Waals surface area contributed by atoms with Gasteiger partial charge in [0.25, 0.3) is 0 Å². The van der Waals surface area contributed by atoms with Gasteiger partial charge in [0.2, 0.25) is 0 Å². The van der Waals surface area contributed by atoms with Crippen LogP contribution < -0.4 is 4.90 Å². The fourth-order valence-corrected chi connectivity index (χ4v) is 3.14. The number of halogens is 3. The molecule has 0 aromatic heterocycles. The van der Waals surface area contributed by atoms with Crippen LogP contribution in [0.3, 0.4) is 0 Å². The van der Waals surface area contributed by atoms with Crippen molar-refractivity contribution in [2.24, 2.45) is 0 Å². The Morgan fingerprint density at radius 1 is 1.28 bits per heavy atom. The fraction of sp³-hybridized carbons (Fsp3) is 0.571. The summed E-state index contributed by atoms with van der Waals surface area (Å²) in [7, 11) is 0. The van der Waals surface area contributed by atoms with Crippen LogP contribution in [0.4, 0.5) is 14.5 Å². The molecule has 0 amide bonds. The molecule has 1 aliphatic rings. The highest BCUT2D eigenvalue weighted by Crippen LogP contribution is 2.36. The molecule has 1 heterocycles. The van der Waals surface area contributed by atoms with Crippen LogP contribution in [0.15, 0.2) is 12.1 Å². The number of hydrogen-bond acceptors (Lipinski definition) is 1. The average Bonchev–Trinajstić information content (AvgIpc) is 2.70. The molecule has 100 valence electrons. The van der Waals surface area contributed by atoms with E-state index in [1.54, 1.807) is 0 Å². The van der Waals surface area contributed by atoms with E-state index in [2.05, 4.69) is 22.9 Å². The van der Waals surface area contributed by atoms with Crippen LogP contribution in [-0.4, -0.2) is 12.1 Å². The molecule has 1 fully saturated rings. The number of hydrogen-bond donors (Lipinski definition) is 0. The predicted octanol–water partition coefficient (Wildman–Crippen LogP) is 4.63. The van der Waals surface area contributed by atoms with Gasteiger partial charge in [-0.05, 0) is 43.9 Å². The van der Waals surface area contributed by atoms with Gasteiger partial charge in [-0.2, -0.15) is 0 Å². The maximum atomic E-state index is 14.1. The minimum atomic E-state index is -0.448. The quantitative estimate of drug-likeness (QED) is 0.735. The van der Waals surface area contributed by atoms with Gasteiger partial charge in [-0.15, -0.1) is 0 Å². The molecule has 2 unspecified atom stereocenters. The lowest BCUT2D eigenvalue weighted by Gasteiger charge is -2.31. The molecule has 0 aliphatic carbocycles. The smallest absolute Gasteiger partial charge is 0.149 e. The van der Waals surface area contributed by atoms with E-state index in [1.165, 1.54) is 12.1 Å². The van der Waals surface area contributed by atoms with E-state index in [0.717, 1.165) is 19.3 Å². The van der Waals surface area contributed by atoms with Crippen LogP contribution in [0, 0.1) is 11.6 Å². The molecule has 0 spiro atoms. The molecule has 2 rings (SSSR count). The van der Waals surface area contributed by atoms with Crippen molar-refractivity contribution in [1.82, 2.24) is 0 Å². The summed E-state index contributed by atoms with van der Waals surface area (Å²) in [6, 6.07) is 3.29. The molecular weight excluding hydrogens is 300 g/mol. The van der Waals surface area contributed by atoms with E-state index in [9.17, 15) is 8.78 Å². The Labute approximate surface area is 115 Å². The molecule has 0 bridgehead atoms. The van der Waals surface area contributed by atoms with Crippen molar-refractivity contribution in [3.05, 3.63) is 29.3 Å². The summed E-state index contributed by atoms with van der Waals surface area (Å²) in [5.41, 5.74) is 0.783. The van der Waals surface area contributed by atoms with E-state index in [1.807, 2.05) is 11.8 Å². The van der Waals surface area contributed by atoms with Gasteiger partial charge in [-0.3, -0.25) is 0 Å². The number of benzene rings is 1. The summed E-state index contributed by atoms with van der Waals surface area (Å²) < 4.78 is 28.3. The normalized spacial score (nSPS) is 23.7. The third kappa shape index (κ3) is 2.40. The predicted molar refractivity (Wildman–Crippen MR) is 74.2 cm³/mol. The Morgan fingerprint density at radius 3 is 2.39 bits per heavy atom. The van der Waals surface area contributed by atoms with Crippen LogP contribution in [0.25, 0.3) is 0 Å². The highest BCUT2D eigenvalue weighted by Gasteiger charge is 2.33. The first-order valence-electron chi connectivity index (χ1n) is 6.40. The van der Waals surface area contributed by atoms with Gasteiger partial charge in [-0.1, -0.05) is 22.9 Å². The van der Waals surface area contributed by atoms with E-state index >= 15 is 0 Å². The van der Waals surface area contributed by atoms with Gasteiger partial charge >= 0.3 is 0 Å². The minimum absolute atomic E-state index is 0.150. The maximum absolute atomic E-state index is 14.1. The molecule has 0 radical (unpaired) electrons. The third-order valence-electron chi connectivity index (χ3n) is 3.75. The van der Waals surface area contributed by atoms with Crippen LogP contribution >= 0.6 is 15.9 Å². The number of alkyl halides is 1. The summed E-state index contributed by atoms with van der Waals surface area (Å²) >= 11 is 3.22. The summed E-state index contributed by atoms with van der Waals surface area (Å²) in [5, 5.41) is 0.466. The van der Waals surface area contributed by atoms with Gasteiger partial charge in [-0.25, -0.2) is 8.78 Å². The summed E-state index contributed by atoms with van der Waals surface area (Å²) in [5.74, 6) is -0.895. The molecule has 1 aliphatic heterocycles. The highest BCUT2D eigenvalue weighted by molar-refractivity contribution is 9.08. The van der Waals surface area contributed by atoms with Crippen LogP contribution in [0.1, 0.15) is 38.7 Å². The first kappa shape index (κ1) is 13.8. The first-order valence-corrected chi connectivity index (χ1v) is 7.52. The second-order valence-corrected chi connectivity index (χ2v) is 5.50. The molecule has 18 heavy (non-hydrogen) atoms. The molecule has 1 aromatic rings. The summed E-state index contributed by atoms with van der Waals surface area (Å²) in [6.45, 7) is 4.10. The Bertz CT molecular complexity index is 413. The monoisotopic (exact) mass is 317 g/mol. The van der Waals surface area contributed by atoms with E-state index in [0.29, 0.717) is 10.9 Å². The zero-order chi connectivity index (χ0) is 13.3. The molecule has 1 nitrogen and oxygen atoms in total. The number of anilines is 1. The van der Waals surface area contributed by atoms with Crippen LogP contribution in [0.2, 0.25) is 0 Å². The molecule has 4 heteroatoms. The molecule has 2 atom stereocenters. The fourth-order valence-electron chi connectivity index (χ4n) is 2.82. The van der Waals surface area contributed by atoms with Crippen molar-refractivity contribution in [3.8, 4) is 0 Å². The van der Waals surface area contributed by atoms with Gasteiger partial charge in [0.05, 0.1) is 0 Å². The summed E-state index contributed by atoms with van der Waals surface area (Å²) in [6.07, 6.45) is 2.93. The third-order valence-corrected chi connectivity index (χ3v) is 4.39. The van der Waals surface area contributed by atoms with Gasteiger partial charge in [0.1, 0.15) is 17.3 Å². The largest absolute Gasteiger partial charge is 0.361 e. The number of rotatable bonds is 3. The lowest BCUT2D eigenvalue weighted by Crippen LogP contribution is -2.35. The molecular formula is C14H18BrF2N. The second kappa shape index (κ2) is 5.55. The van der Waals surface area contributed by atoms with Crippen molar-refractivity contribution in [2.75, 3.05) is 4.90 Å². The zero-order valence-electron chi connectivity index (χ0n) is 10.7. The highest BCUT2D eigenvalue weighted by atomic mass is 79.9. The second-order valence-electron chi connectivity index (χ2n) is 4.94. The van der Waals surface area contributed by atoms with Gasteiger partial charge in [0.15, 0.2) is 0 Å². The SMILES string of the molecule is CCC1CCC(C)N1c1c(F)cc(CBr)cc1F. The number of nitrogens with zero attached hydrogens (tertiary/aromatic N) is 1. The Hall–Kier alpha value is -0.640. The van der Waals surface area contributed by atoms with E-state index < -0.39 is 11.6 Å². The zero-order valence-corrected chi connectivity index (χ0v) is 12.3. The van der Waals surface area contributed by atoms with Crippen molar-refractivity contribution < 1.29 is 8.78 Å². The topological polar surface area (TPSA) is 3.24 Å². The lowest BCUT2D eigenvalue weighted by molar-refractivity contribution is 0.542. The Kier molecular flexibility index (Phi) is 4.25. The standard InChI is InChI=1S/C14H18BrF2N/c1-3-11-5-4-9(2)18(11)14-12(16)6-10(8-15)7-13(14)17/h6-7,9,11H,3-5,8H2,1-2H3. The van der Waals surface area contributed by atoms with E-state index in [4.69, 9.17) is 0 Å². The van der Waals surface area contributed by atoms with Crippen molar-refractivity contribution in [3.63, 3.8) is 0 Å². The molecule has 1 saturated heterocycles. The molecule has 1 aromatic carbocycles. The Morgan fingerprint density at radius 2 is 1.89 bits per heavy atom. The van der Waals surface area contributed by atoms with Crippen molar-refractivity contribution in [2.45, 2.75) is 50.5 Å². The minimum Gasteiger partial charge on any atom is -0.361 e. The summed E-state index contributed by atoms with van der Waals surface area (Å²) in [4.78, 5) is 1.92. The first-order chi connectivity index (χ1) is 8.58. The van der Waals surface area contributed by atoms with Crippen LogP contribution in [-0.2, 0) is 5.33 Å². The maximum Gasteiger partial charge on any atom is 0.149 e. The van der Waals surface area contributed by atoms with Crippen LogP contribution in [0.5, 0.6) is 0 Å². The van der Waals surface area contributed by atoms with Gasteiger partial charge < -0.3 is 4.90 Å².